The van der Waals surface area contributed by atoms with Gasteiger partial charge in [-0.05, 0) is 63.1 Å². The minimum Gasteiger partial charge on any atom is -0.444 e. The van der Waals surface area contributed by atoms with Gasteiger partial charge < -0.3 is 14.5 Å². The zero-order chi connectivity index (χ0) is 22.3. The van der Waals surface area contributed by atoms with Gasteiger partial charge >= 0.3 is 6.09 Å². The number of piperidine rings is 2. The molecule has 3 heterocycles. The Morgan fingerprint density at radius 3 is 2.45 bits per heavy atom. The molecule has 4 rings (SSSR count). The van der Waals surface area contributed by atoms with Crippen molar-refractivity contribution < 1.29 is 23.9 Å². The first kappa shape index (κ1) is 21.3. The number of hydrogen-bond donors (Lipinski definition) is 1. The second-order valence-corrected chi connectivity index (χ2v) is 9.56. The van der Waals surface area contributed by atoms with Crippen LogP contribution in [-0.4, -0.2) is 58.3 Å². The van der Waals surface area contributed by atoms with Crippen LogP contribution in [0.5, 0.6) is 0 Å². The van der Waals surface area contributed by atoms with E-state index < -0.39 is 17.6 Å². The Kier molecular flexibility index (Phi) is 5.49. The molecule has 0 bridgehead atoms. The molecule has 2 fully saturated rings. The Labute approximate surface area is 181 Å². The number of nitrogens with zero attached hydrogens (tertiary/aromatic N) is 2. The maximum Gasteiger partial charge on any atom is 0.410 e. The van der Waals surface area contributed by atoms with Gasteiger partial charge in [-0.25, -0.2) is 4.79 Å². The van der Waals surface area contributed by atoms with Gasteiger partial charge in [0.15, 0.2) is 0 Å². The van der Waals surface area contributed by atoms with Crippen molar-refractivity contribution >= 4 is 23.8 Å². The van der Waals surface area contributed by atoms with E-state index in [0.717, 1.165) is 24.0 Å². The lowest BCUT2D eigenvalue weighted by Gasteiger charge is -2.33. The summed E-state index contributed by atoms with van der Waals surface area (Å²) in [6.45, 7) is 7.20. The summed E-state index contributed by atoms with van der Waals surface area (Å²) in [5.74, 6) is -0.573. The molecule has 0 spiro atoms. The number of benzene rings is 1. The molecule has 1 aromatic carbocycles. The molecule has 3 aliphatic heterocycles. The van der Waals surface area contributed by atoms with E-state index in [1.807, 2.05) is 39.0 Å². The molecule has 0 saturated carbocycles. The maximum absolute atomic E-state index is 13.0. The van der Waals surface area contributed by atoms with Crippen molar-refractivity contribution in [2.24, 2.45) is 0 Å². The Morgan fingerprint density at radius 1 is 1.10 bits per heavy atom. The SMILES string of the molecule is CC(C)(C)OC(=O)N1CCC(c2ccc3c(c2)C(=O)N([C@H]2CCC(=O)NC2=O)C3)CC1. The van der Waals surface area contributed by atoms with Crippen LogP contribution in [0.4, 0.5) is 4.79 Å². The van der Waals surface area contributed by atoms with E-state index in [0.29, 0.717) is 31.6 Å². The van der Waals surface area contributed by atoms with E-state index in [1.165, 1.54) is 0 Å². The standard InChI is InChI=1S/C23H29N3O5/c1-23(2,3)31-22(30)25-10-8-14(9-11-25)15-4-5-16-13-26(21(29)17(16)12-15)18-6-7-19(27)24-20(18)28/h4-5,12,14,18H,6-11,13H2,1-3H3,(H,24,27,28)/t18-/m0/s1. The predicted molar refractivity (Wildman–Crippen MR) is 112 cm³/mol. The normalized spacial score (nSPS) is 22.4. The molecular formula is C23H29N3O5. The zero-order valence-corrected chi connectivity index (χ0v) is 18.3. The van der Waals surface area contributed by atoms with Gasteiger partial charge in [-0.1, -0.05) is 12.1 Å². The largest absolute Gasteiger partial charge is 0.444 e. The van der Waals surface area contributed by atoms with Gasteiger partial charge in [0.2, 0.25) is 11.8 Å². The Bertz CT molecular complexity index is 928. The Hall–Kier alpha value is -2.90. The molecule has 0 radical (unpaired) electrons. The fourth-order valence-corrected chi connectivity index (χ4v) is 4.55. The van der Waals surface area contributed by atoms with Crippen LogP contribution in [0.25, 0.3) is 0 Å². The average Bonchev–Trinajstić information content (AvgIpc) is 3.03. The first-order chi connectivity index (χ1) is 14.6. The highest BCUT2D eigenvalue weighted by Gasteiger charge is 2.39. The molecule has 8 nitrogen and oxygen atoms in total. The van der Waals surface area contributed by atoms with Crippen LogP contribution < -0.4 is 5.32 Å². The molecule has 1 atom stereocenters. The zero-order valence-electron chi connectivity index (χ0n) is 18.3. The maximum atomic E-state index is 13.0. The lowest BCUT2D eigenvalue weighted by molar-refractivity contribution is -0.136. The second-order valence-electron chi connectivity index (χ2n) is 9.56. The van der Waals surface area contributed by atoms with E-state index in [9.17, 15) is 19.2 Å². The monoisotopic (exact) mass is 427 g/mol. The second kappa shape index (κ2) is 7.98. The summed E-state index contributed by atoms with van der Waals surface area (Å²) >= 11 is 0. The number of carbonyl (C=O) groups excluding carboxylic acids is 4. The minimum atomic E-state index is -0.599. The molecule has 31 heavy (non-hydrogen) atoms. The number of carbonyl (C=O) groups is 4. The smallest absolute Gasteiger partial charge is 0.410 e. The number of fused-ring (bicyclic) bond motifs is 1. The summed E-state index contributed by atoms with van der Waals surface area (Å²) in [5.41, 5.74) is 2.12. The highest BCUT2D eigenvalue weighted by atomic mass is 16.6. The van der Waals surface area contributed by atoms with Gasteiger partial charge in [0, 0.05) is 31.6 Å². The van der Waals surface area contributed by atoms with Crippen LogP contribution in [0, 0.1) is 0 Å². The van der Waals surface area contributed by atoms with E-state index in [2.05, 4.69) is 5.32 Å². The highest BCUT2D eigenvalue weighted by Crippen LogP contribution is 2.33. The first-order valence-corrected chi connectivity index (χ1v) is 10.9. The van der Waals surface area contributed by atoms with Crippen LogP contribution in [0.1, 0.15) is 73.9 Å². The van der Waals surface area contributed by atoms with Crippen LogP contribution in [0.15, 0.2) is 18.2 Å². The molecule has 166 valence electrons. The summed E-state index contributed by atoms with van der Waals surface area (Å²) in [7, 11) is 0. The van der Waals surface area contributed by atoms with Gasteiger partial charge in [-0.3, -0.25) is 19.7 Å². The van der Waals surface area contributed by atoms with Crippen molar-refractivity contribution in [3.63, 3.8) is 0 Å². The number of amides is 4. The average molecular weight is 428 g/mol. The molecule has 0 aromatic heterocycles. The Morgan fingerprint density at radius 2 is 1.81 bits per heavy atom. The lowest BCUT2D eigenvalue weighted by atomic mass is 9.88. The molecule has 1 aromatic rings. The highest BCUT2D eigenvalue weighted by molar-refractivity contribution is 6.05. The number of likely N-dealkylation sites (tertiary alicyclic amines) is 1. The number of nitrogens with one attached hydrogen (secondary N) is 1. The minimum absolute atomic E-state index is 0.155. The van der Waals surface area contributed by atoms with E-state index >= 15 is 0 Å². The van der Waals surface area contributed by atoms with Gasteiger partial charge in [0.25, 0.3) is 5.91 Å². The third kappa shape index (κ3) is 4.43. The quantitative estimate of drug-likeness (QED) is 0.732. The third-order valence-corrected chi connectivity index (χ3v) is 6.17. The molecule has 3 aliphatic rings. The van der Waals surface area contributed by atoms with E-state index in [1.54, 1.807) is 9.80 Å². The number of ether oxygens (including phenoxy) is 1. The summed E-state index contributed by atoms with van der Waals surface area (Å²) < 4.78 is 5.46. The van der Waals surface area contributed by atoms with Gasteiger partial charge in [-0.15, -0.1) is 0 Å². The topological polar surface area (TPSA) is 96.0 Å². The fourth-order valence-electron chi connectivity index (χ4n) is 4.55. The predicted octanol–water partition coefficient (Wildman–Crippen LogP) is 2.56. The van der Waals surface area contributed by atoms with Crippen molar-refractivity contribution in [3.8, 4) is 0 Å². The summed E-state index contributed by atoms with van der Waals surface area (Å²) in [5, 5.41) is 2.33. The third-order valence-electron chi connectivity index (χ3n) is 6.17. The van der Waals surface area contributed by atoms with Crippen LogP contribution in [0.2, 0.25) is 0 Å². The summed E-state index contributed by atoms with van der Waals surface area (Å²) in [6, 6.07) is 5.36. The first-order valence-electron chi connectivity index (χ1n) is 10.9. The van der Waals surface area contributed by atoms with Crippen molar-refractivity contribution in [3.05, 3.63) is 34.9 Å². The molecule has 2 saturated heterocycles. The lowest BCUT2D eigenvalue weighted by Crippen LogP contribution is -2.52. The van der Waals surface area contributed by atoms with Crippen molar-refractivity contribution in [1.29, 1.82) is 0 Å². The molecule has 0 aliphatic carbocycles. The molecule has 1 N–H and O–H groups in total. The van der Waals surface area contributed by atoms with Gasteiger partial charge in [0.1, 0.15) is 11.6 Å². The molecule has 8 heteroatoms. The fraction of sp³-hybridized carbons (Fsp3) is 0.565. The Balaban J connectivity index is 1.41. The molecule has 4 amide bonds. The van der Waals surface area contributed by atoms with E-state index in [-0.39, 0.29) is 30.2 Å². The van der Waals surface area contributed by atoms with Crippen LogP contribution in [0.3, 0.4) is 0 Å². The number of hydrogen-bond acceptors (Lipinski definition) is 5. The van der Waals surface area contributed by atoms with Crippen molar-refractivity contribution in [1.82, 2.24) is 15.1 Å². The number of imide groups is 1. The summed E-state index contributed by atoms with van der Waals surface area (Å²) in [4.78, 5) is 52.2. The van der Waals surface area contributed by atoms with Crippen molar-refractivity contribution in [2.45, 2.75) is 70.6 Å². The van der Waals surface area contributed by atoms with Crippen LogP contribution >= 0.6 is 0 Å². The van der Waals surface area contributed by atoms with Gasteiger partial charge in [0.05, 0.1) is 0 Å². The molecule has 0 unspecified atom stereocenters. The van der Waals surface area contributed by atoms with Crippen LogP contribution in [-0.2, 0) is 20.9 Å². The van der Waals surface area contributed by atoms with Gasteiger partial charge in [-0.2, -0.15) is 0 Å². The van der Waals surface area contributed by atoms with E-state index in [4.69, 9.17) is 4.74 Å². The molecular weight excluding hydrogens is 398 g/mol. The summed E-state index contributed by atoms with van der Waals surface area (Å²) in [6.07, 6.45) is 1.94. The number of rotatable bonds is 2. The van der Waals surface area contributed by atoms with Crippen molar-refractivity contribution in [2.75, 3.05) is 13.1 Å².